The van der Waals surface area contributed by atoms with E-state index in [1.807, 2.05) is 0 Å². The van der Waals surface area contributed by atoms with Crippen LogP contribution in [0.15, 0.2) is 12.3 Å². The molecule has 3 heterocycles. The molecule has 3 rings (SSSR count). The maximum absolute atomic E-state index is 12.4. The highest BCUT2D eigenvalue weighted by molar-refractivity contribution is 5.65. The van der Waals surface area contributed by atoms with Crippen LogP contribution in [0.1, 0.15) is 11.9 Å². The molecular formula is C14H15F3N4O3. The number of fused-ring (bicyclic) bond motifs is 3. The molecule has 1 atom stereocenters. The monoisotopic (exact) mass is 344 g/mol. The van der Waals surface area contributed by atoms with Crippen molar-refractivity contribution in [2.45, 2.75) is 19.1 Å². The summed E-state index contributed by atoms with van der Waals surface area (Å²) in [5.74, 6) is 1.11. The second kappa shape index (κ2) is 6.27. The van der Waals surface area contributed by atoms with E-state index in [0.29, 0.717) is 18.3 Å². The Labute approximate surface area is 135 Å². The van der Waals surface area contributed by atoms with Crippen LogP contribution in [0.3, 0.4) is 0 Å². The molecule has 2 aromatic rings. The number of rotatable bonds is 4. The van der Waals surface area contributed by atoms with Gasteiger partial charge in [0.15, 0.2) is 29.6 Å². The van der Waals surface area contributed by atoms with Crippen molar-refractivity contribution < 1.29 is 27.4 Å². The summed E-state index contributed by atoms with van der Waals surface area (Å²) < 4.78 is 54.8. The fourth-order valence-corrected chi connectivity index (χ4v) is 2.54. The predicted octanol–water partition coefficient (Wildman–Crippen LogP) is 2.17. The molecule has 10 heteroatoms. The van der Waals surface area contributed by atoms with Crippen molar-refractivity contribution in [2.75, 3.05) is 26.9 Å². The number of alkyl halides is 3. The highest BCUT2D eigenvalue weighted by Gasteiger charge is 2.32. The molecule has 7 nitrogen and oxygen atoms in total. The molecule has 2 aromatic heterocycles. The molecule has 0 aliphatic carbocycles. The van der Waals surface area contributed by atoms with Crippen molar-refractivity contribution in [2.24, 2.45) is 0 Å². The molecule has 0 aromatic carbocycles. The van der Waals surface area contributed by atoms with Crippen LogP contribution < -0.4 is 9.47 Å². The van der Waals surface area contributed by atoms with Gasteiger partial charge in [0.05, 0.1) is 12.6 Å². The molecule has 0 amide bonds. The third-order valence-corrected chi connectivity index (χ3v) is 3.48. The maximum atomic E-state index is 12.4. The Bertz CT molecular complexity index is 733. The molecule has 0 spiro atoms. The van der Waals surface area contributed by atoms with Gasteiger partial charge in [0.2, 0.25) is 0 Å². The van der Waals surface area contributed by atoms with Gasteiger partial charge in [0.1, 0.15) is 12.4 Å². The van der Waals surface area contributed by atoms with Crippen LogP contribution in [-0.4, -0.2) is 52.9 Å². The molecule has 0 N–H and O–H groups in total. The fourth-order valence-electron chi connectivity index (χ4n) is 2.54. The fraction of sp³-hybridized carbons (Fsp3) is 0.500. The summed E-state index contributed by atoms with van der Waals surface area (Å²) in [5, 5.41) is 8.10. The lowest BCUT2D eigenvalue weighted by Gasteiger charge is -2.17. The van der Waals surface area contributed by atoms with E-state index in [4.69, 9.17) is 14.2 Å². The minimum absolute atomic E-state index is 0.0393. The lowest BCUT2D eigenvalue weighted by molar-refractivity contribution is -0.153. The lowest BCUT2D eigenvalue weighted by atomic mass is 10.2. The first kappa shape index (κ1) is 16.5. The van der Waals surface area contributed by atoms with Crippen LogP contribution in [-0.2, 0) is 4.74 Å². The van der Waals surface area contributed by atoms with E-state index in [1.165, 1.54) is 12.3 Å². The predicted molar refractivity (Wildman–Crippen MR) is 75.9 cm³/mol. The molecule has 1 aliphatic rings. The van der Waals surface area contributed by atoms with Gasteiger partial charge in [-0.25, -0.2) is 4.98 Å². The molecule has 0 bridgehead atoms. The van der Waals surface area contributed by atoms with Crippen LogP contribution in [0.2, 0.25) is 0 Å². The largest absolute Gasteiger partial charge is 0.485 e. The maximum Gasteiger partial charge on any atom is 0.422 e. The summed E-state index contributed by atoms with van der Waals surface area (Å²) in [5.41, 5.74) is 0.286. The van der Waals surface area contributed by atoms with Crippen molar-refractivity contribution in [3.05, 3.63) is 18.1 Å². The zero-order valence-corrected chi connectivity index (χ0v) is 13.0. The van der Waals surface area contributed by atoms with Gasteiger partial charge in [-0.1, -0.05) is 0 Å². The third-order valence-electron chi connectivity index (χ3n) is 3.48. The first-order chi connectivity index (χ1) is 11.4. The standard InChI is InChI=1S/C14H15F3N4O3/c1-8-19-20-13-11-12(23-6-9(5-22-2)21(8)13)10(3-4-18-11)24-7-14(15,16)17/h3-4,9H,5-7H2,1-2H3/t9-/m1/s1. The zero-order valence-electron chi connectivity index (χ0n) is 13.0. The molecule has 130 valence electrons. The Kier molecular flexibility index (Phi) is 4.31. The van der Waals surface area contributed by atoms with E-state index >= 15 is 0 Å². The Balaban J connectivity index is 2.02. The number of pyridine rings is 1. The number of methoxy groups -OCH3 is 1. The van der Waals surface area contributed by atoms with E-state index < -0.39 is 12.8 Å². The van der Waals surface area contributed by atoms with Gasteiger partial charge in [-0.2, -0.15) is 13.2 Å². The number of halogens is 3. The number of ether oxygens (including phenoxy) is 3. The summed E-state index contributed by atoms with van der Waals surface area (Å²) >= 11 is 0. The highest BCUT2D eigenvalue weighted by Crippen LogP contribution is 2.40. The van der Waals surface area contributed by atoms with Crippen molar-refractivity contribution in [3.63, 3.8) is 0 Å². The van der Waals surface area contributed by atoms with Crippen molar-refractivity contribution in [1.29, 1.82) is 0 Å². The van der Waals surface area contributed by atoms with E-state index in [9.17, 15) is 13.2 Å². The topological polar surface area (TPSA) is 71.3 Å². The normalized spacial score (nSPS) is 16.8. The quantitative estimate of drug-likeness (QED) is 0.847. The van der Waals surface area contributed by atoms with Gasteiger partial charge in [0.25, 0.3) is 0 Å². The average molecular weight is 344 g/mol. The van der Waals surface area contributed by atoms with Gasteiger partial charge in [-0.05, 0) is 6.92 Å². The van der Waals surface area contributed by atoms with Crippen LogP contribution >= 0.6 is 0 Å². The smallest absolute Gasteiger partial charge is 0.422 e. The number of aryl methyl sites for hydroxylation is 1. The molecule has 0 radical (unpaired) electrons. The lowest BCUT2D eigenvalue weighted by Crippen LogP contribution is -2.22. The Morgan fingerprint density at radius 2 is 2.17 bits per heavy atom. The van der Waals surface area contributed by atoms with Crippen LogP contribution in [0, 0.1) is 6.92 Å². The summed E-state index contributed by atoms with van der Waals surface area (Å²) in [4.78, 5) is 4.18. The molecule has 1 aliphatic heterocycles. The molecular weight excluding hydrogens is 329 g/mol. The number of nitrogens with zero attached hydrogens (tertiary/aromatic N) is 4. The second-order valence-electron chi connectivity index (χ2n) is 5.25. The van der Waals surface area contributed by atoms with Crippen LogP contribution in [0.5, 0.6) is 11.5 Å². The van der Waals surface area contributed by atoms with Crippen molar-refractivity contribution in [1.82, 2.24) is 19.7 Å². The zero-order chi connectivity index (χ0) is 17.3. The Morgan fingerprint density at radius 3 is 2.88 bits per heavy atom. The number of hydrogen-bond donors (Lipinski definition) is 0. The van der Waals surface area contributed by atoms with Crippen molar-refractivity contribution >= 4 is 0 Å². The molecule has 24 heavy (non-hydrogen) atoms. The molecule has 0 fully saturated rings. The van der Waals surface area contributed by atoms with E-state index in [1.54, 1.807) is 18.6 Å². The minimum atomic E-state index is -4.45. The number of hydrogen-bond acceptors (Lipinski definition) is 6. The Morgan fingerprint density at radius 1 is 1.38 bits per heavy atom. The molecule has 0 saturated carbocycles. The summed E-state index contributed by atoms with van der Waals surface area (Å²) in [6.45, 7) is 0.855. The summed E-state index contributed by atoms with van der Waals surface area (Å²) in [7, 11) is 1.55. The van der Waals surface area contributed by atoms with Gasteiger partial charge in [-0.15, -0.1) is 10.2 Å². The molecule has 0 saturated heterocycles. The van der Waals surface area contributed by atoms with Crippen LogP contribution in [0.4, 0.5) is 13.2 Å². The third kappa shape index (κ3) is 3.14. The highest BCUT2D eigenvalue weighted by atomic mass is 19.4. The Hall–Kier alpha value is -2.36. The van der Waals surface area contributed by atoms with Gasteiger partial charge < -0.3 is 18.8 Å². The van der Waals surface area contributed by atoms with Gasteiger partial charge in [0, 0.05) is 19.4 Å². The van der Waals surface area contributed by atoms with E-state index in [-0.39, 0.29) is 29.8 Å². The second-order valence-corrected chi connectivity index (χ2v) is 5.25. The van der Waals surface area contributed by atoms with E-state index in [0.717, 1.165) is 0 Å². The number of aromatic nitrogens is 4. The SMILES string of the molecule is COC[C@@H]1COc2c(OCC(F)(F)F)ccnc2-c2nnc(C)n21. The first-order valence-electron chi connectivity index (χ1n) is 7.13. The van der Waals surface area contributed by atoms with Gasteiger partial charge >= 0.3 is 6.18 Å². The van der Waals surface area contributed by atoms with Crippen molar-refractivity contribution in [3.8, 4) is 23.0 Å². The minimum Gasteiger partial charge on any atom is -0.485 e. The average Bonchev–Trinajstić information content (AvgIpc) is 2.82. The summed E-state index contributed by atoms with van der Waals surface area (Å²) in [6.07, 6.45) is -3.10. The summed E-state index contributed by atoms with van der Waals surface area (Å²) in [6, 6.07) is 1.10. The van der Waals surface area contributed by atoms with Crippen LogP contribution in [0.25, 0.3) is 11.5 Å². The van der Waals surface area contributed by atoms with E-state index in [2.05, 4.69) is 15.2 Å². The molecule has 0 unspecified atom stereocenters. The first-order valence-corrected chi connectivity index (χ1v) is 7.13. The van der Waals surface area contributed by atoms with Gasteiger partial charge in [-0.3, -0.25) is 0 Å².